The van der Waals surface area contributed by atoms with Crippen LogP contribution in [0.1, 0.15) is 118 Å². The molecule has 4 aliphatic rings. The van der Waals surface area contributed by atoms with E-state index < -0.39 is 46.4 Å². The number of carbonyl (C=O) groups is 6. The van der Waals surface area contributed by atoms with E-state index in [0.29, 0.717) is 0 Å². The molecular formula is C80H70N2O12. The number of imide groups is 2. The zero-order valence-corrected chi connectivity index (χ0v) is 53.4. The molecule has 12 aromatic rings. The van der Waals surface area contributed by atoms with Crippen LogP contribution < -0.4 is 19.3 Å². The number of anilines is 2. The van der Waals surface area contributed by atoms with Crippen LogP contribution in [0.2, 0.25) is 0 Å². The molecule has 14 heteroatoms. The molecule has 14 nitrogen and oxygen atoms in total. The Morgan fingerprint density at radius 2 is 0.670 bits per heavy atom. The first-order chi connectivity index (χ1) is 45.5. The van der Waals surface area contributed by atoms with Gasteiger partial charge >= 0.3 is 11.9 Å². The number of ether oxygens (including phenoxy) is 6. The standard InChI is InChI=1S/C72H54N2O8.2C4H8O2/c1-7-71(3,4)47-25-33-57(81-59(75)35-45-21-19-43-17-15-39-11-9-13-41-23-27-49(45)63(43)61(39)41)55(37-47)73-67(77)51-29-31-53-66-54(32-30-52(65(51)66)68(73)78)70(80)74(69(53)79)56-38-48(72(5,6)8-2)26-34-58(56)82-60(76)36-46-22-20-44-18-16-40-12-10-14-42-24-28-50(46)64(44)62(40)42;2*1-2-6-4-3-5-1/h9-34,37-38H,7-8,35-36H2,1-6H3;2*1-4H2. The molecular weight excluding hydrogens is 1180 g/mol. The molecule has 0 bridgehead atoms. The van der Waals surface area contributed by atoms with Gasteiger partial charge in [0, 0.05) is 33.0 Å². The van der Waals surface area contributed by atoms with Crippen LogP contribution in [0.25, 0.3) is 75.4 Å². The minimum Gasteiger partial charge on any atom is -0.424 e. The molecule has 0 unspecified atom stereocenters. The van der Waals surface area contributed by atoms with Gasteiger partial charge in [-0.25, -0.2) is 9.80 Å². The Bertz CT molecular complexity index is 4620. The van der Waals surface area contributed by atoms with E-state index in [2.05, 4.69) is 88.4 Å². The summed E-state index contributed by atoms with van der Waals surface area (Å²) in [6.07, 6.45) is 1.28. The third kappa shape index (κ3) is 10.9. The molecule has 2 fully saturated rings. The van der Waals surface area contributed by atoms with Crippen molar-refractivity contribution in [2.24, 2.45) is 0 Å². The summed E-state index contributed by atoms with van der Waals surface area (Å²) in [7, 11) is 0. The topological polar surface area (TPSA) is 164 Å². The quantitative estimate of drug-likeness (QED) is 0.0493. The van der Waals surface area contributed by atoms with E-state index in [1.54, 1.807) is 24.3 Å². The molecule has 2 saturated heterocycles. The summed E-state index contributed by atoms with van der Waals surface area (Å²) in [4.78, 5) is 91.4. The molecule has 0 atom stereocenters. The van der Waals surface area contributed by atoms with Gasteiger partial charge < -0.3 is 28.4 Å². The van der Waals surface area contributed by atoms with Crippen molar-refractivity contribution in [3.8, 4) is 11.5 Å². The van der Waals surface area contributed by atoms with Crippen molar-refractivity contribution in [1.82, 2.24) is 0 Å². The summed E-state index contributed by atoms with van der Waals surface area (Å²) in [6.45, 7) is 18.6. The second kappa shape index (κ2) is 24.8. The Hall–Kier alpha value is -9.96. The van der Waals surface area contributed by atoms with Gasteiger partial charge in [-0.3, -0.25) is 28.8 Å². The number of carbonyl (C=O) groups excluding carboxylic acids is 6. The Labute approximate surface area is 543 Å². The number of nitrogens with zero attached hydrogens (tertiary/aromatic N) is 2. The highest BCUT2D eigenvalue weighted by Crippen LogP contribution is 2.46. The smallest absolute Gasteiger partial charge is 0.315 e. The second-order valence-corrected chi connectivity index (χ2v) is 25.7. The third-order valence-corrected chi connectivity index (χ3v) is 19.5. The number of rotatable bonds is 12. The molecule has 0 radical (unpaired) electrons. The minimum atomic E-state index is -0.715. The van der Waals surface area contributed by atoms with Gasteiger partial charge in [0.15, 0.2) is 11.5 Å². The zero-order chi connectivity index (χ0) is 65.2. The fraction of sp³-hybridized carbons (Fsp3) is 0.250. The molecule has 4 aliphatic heterocycles. The first-order valence-corrected chi connectivity index (χ1v) is 32.2. The first-order valence-electron chi connectivity index (χ1n) is 32.2. The molecule has 0 spiro atoms. The molecule has 4 amide bonds. The van der Waals surface area contributed by atoms with Gasteiger partial charge in [-0.2, -0.15) is 0 Å². The monoisotopic (exact) mass is 1250 g/mol. The van der Waals surface area contributed by atoms with Crippen LogP contribution in [0.3, 0.4) is 0 Å². The van der Waals surface area contributed by atoms with Crippen LogP contribution in [0.5, 0.6) is 11.5 Å². The maximum absolute atomic E-state index is 15.2. The van der Waals surface area contributed by atoms with Crippen molar-refractivity contribution in [3.05, 3.63) is 214 Å². The van der Waals surface area contributed by atoms with E-state index in [-0.39, 0.29) is 68.7 Å². The lowest BCUT2D eigenvalue weighted by Gasteiger charge is -2.34. The van der Waals surface area contributed by atoms with Crippen LogP contribution in [-0.4, -0.2) is 88.4 Å². The Balaban J connectivity index is 0.000000574. The predicted octanol–water partition coefficient (Wildman–Crippen LogP) is 16.0. The summed E-state index contributed by atoms with van der Waals surface area (Å²) in [5, 5.41) is 13.1. The third-order valence-electron chi connectivity index (χ3n) is 19.5. The Morgan fingerprint density at radius 3 is 0.979 bits per heavy atom. The molecule has 472 valence electrons. The minimum absolute atomic E-state index is 0.0241. The first kappa shape index (κ1) is 61.5. The predicted molar refractivity (Wildman–Crippen MR) is 368 cm³/mol. The molecule has 12 aromatic carbocycles. The summed E-state index contributed by atoms with van der Waals surface area (Å²) < 4.78 is 32.2. The van der Waals surface area contributed by atoms with E-state index in [0.717, 1.165) is 162 Å². The van der Waals surface area contributed by atoms with Crippen molar-refractivity contribution < 1.29 is 57.2 Å². The van der Waals surface area contributed by atoms with E-state index in [9.17, 15) is 9.59 Å². The summed E-state index contributed by atoms with van der Waals surface area (Å²) in [5.74, 6) is -3.98. The molecule has 4 heterocycles. The summed E-state index contributed by atoms with van der Waals surface area (Å²) in [5.41, 5.74) is 2.89. The largest absolute Gasteiger partial charge is 0.424 e. The van der Waals surface area contributed by atoms with Crippen LogP contribution in [0.4, 0.5) is 11.4 Å². The average molecular weight is 1250 g/mol. The average Bonchev–Trinajstić information content (AvgIpc) is 0.694. The number of hydrogen-bond acceptors (Lipinski definition) is 12. The lowest BCUT2D eigenvalue weighted by atomic mass is 9.81. The van der Waals surface area contributed by atoms with Crippen molar-refractivity contribution in [2.45, 2.75) is 78.1 Å². The van der Waals surface area contributed by atoms with Crippen LogP contribution in [0.15, 0.2) is 170 Å². The molecule has 0 aliphatic carbocycles. The fourth-order valence-corrected chi connectivity index (χ4v) is 13.5. The van der Waals surface area contributed by atoms with Gasteiger partial charge in [-0.05, 0) is 159 Å². The Morgan fingerprint density at radius 1 is 0.372 bits per heavy atom. The SMILES string of the molecule is C1COCCO1.C1COCCO1.CCC(C)(C)c1ccc(OC(=O)Cc2ccc3ccc4cccc5ccc2c3c45)c(N2C(=O)c3ccc4c5c(ccc(c35)C2=O)C(=O)N(c2cc(C(C)(C)CC)ccc2OC(=O)Cc2ccc3ccc5cccc6ccc2c3c56)C4=O)c1. The molecule has 0 N–H and O–H groups in total. The summed E-state index contributed by atoms with van der Waals surface area (Å²) >= 11 is 0. The van der Waals surface area contributed by atoms with Gasteiger partial charge in [0.05, 0.1) is 77.1 Å². The van der Waals surface area contributed by atoms with Crippen molar-refractivity contribution in [2.75, 3.05) is 62.7 Å². The highest BCUT2D eigenvalue weighted by Gasteiger charge is 2.43. The molecule has 94 heavy (non-hydrogen) atoms. The van der Waals surface area contributed by atoms with E-state index >= 15 is 19.2 Å². The highest BCUT2D eigenvalue weighted by atomic mass is 16.6. The number of benzene rings is 12. The Kier molecular flexibility index (Phi) is 16.3. The van der Waals surface area contributed by atoms with E-state index in [1.807, 2.05) is 74.5 Å². The lowest BCUT2D eigenvalue weighted by Crippen LogP contribution is -2.44. The van der Waals surface area contributed by atoms with E-state index in [4.69, 9.17) is 28.4 Å². The van der Waals surface area contributed by atoms with Crippen LogP contribution in [-0.2, 0) is 52.2 Å². The molecule has 0 aromatic heterocycles. The lowest BCUT2D eigenvalue weighted by molar-refractivity contribution is -0.134. The molecule has 16 rings (SSSR count). The summed E-state index contributed by atoms with van der Waals surface area (Å²) in [6, 6.07) is 53.3. The maximum Gasteiger partial charge on any atom is 0.315 e. The number of hydrogen-bond donors (Lipinski definition) is 0. The maximum atomic E-state index is 15.2. The number of amides is 4. The normalized spacial score (nSPS) is 15.1. The van der Waals surface area contributed by atoms with Gasteiger partial charge in [0.25, 0.3) is 23.6 Å². The van der Waals surface area contributed by atoms with Gasteiger partial charge in [-0.1, -0.05) is 163 Å². The van der Waals surface area contributed by atoms with Gasteiger partial charge in [-0.15, -0.1) is 0 Å². The van der Waals surface area contributed by atoms with Crippen LogP contribution >= 0.6 is 0 Å². The van der Waals surface area contributed by atoms with Gasteiger partial charge in [0.1, 0.15) is 0 Å². The van der Waals surface area contributed by atoms with Crippen LogP contribution in [0, 0.1) is 0 Å². The van der Waals surface area contributed by atoms with Crippen molar-refractivity contribution in [3.63, 3.8) is 0 Å². The highest BCUT2D eigenvalue weighted by molar-refractivity contribution is 6.42. The van der Waals surface area contributed by atoms with Gasteiger partial charge in [0.2, 0.25) is 0 Å². The zero-order valence-electron chi connectivity index (χ0n) is 53.4. The molecule has 0 saturated carbocycles. The second-order valence-electron chi connectivity index (χ2n) is 25.7. The van der Waals surface area contributed by atoms with Crippen molar-refractivity contribution in [1.29, 1.82) is 0 Å². The van der Waals surface area contributed by atoms with E-state index in [1.165, 1.54) is 24.3 Å². The van der Waals surface area contributed by atoms with Crippen molar-refractivity contribution >= 4 is 122 Å². The fourth-order valence-electron chi connectivity index (χ4n) is 13.5. The number of esters is 2.